The SMILES string of the molecule is O=C1CC(C(=O)N(Cc2cccs2)C2CC2)CN1c1ccccc1Br. The van der Waals surface area contributed by atoms with Crippen LogP contribution in [0.3, 0.4) is 0 Å². The molecule has 1 saturated carbocycles. The zero-order chi connectivity index (χ0) is 17.4. The molecule has 1 aliphatic carbocycles. The maximum atomic E-state index is 13.1. The quantitative estimate of drug-likeness (QED) is 0.734. The Balaban J connectivity index is 1.50. The zero-order valence-corrected chi connectivity index (χ0v) is 16.1. The topological polar surface area (TPSA) is 40.6 Å². The minimum atomic E-state index is -0.250. The molecule has 1 unspecified atom stereocenters. The van der Waals surface area contributed by atoms with E-state index in [-0.39, 0.29) is 17.7 Å². The first-order chi connectivity index (χ1) is 12.1. The molecule has 1 saturated heterocycles. The molecule has 0 spiro atoms. The zero-order valence-electron chi connectivity index (χ0n) is 13.7. The van der Waals surface area contributed by atoms with Gasteiger partial charge < -0.3 is 9.80 Å². The number of thiophene rings is 1. The molecule has 2 fully saturated rings. The number of nitrogens with zero attached hydrogens (tertiary/aromatic N) is 2. The minimum Gasteiger partial charge on any atom is -0.334 e. The van der Waals surface area contributed by atoms with E-state index in [4.69, 9.17) is 0 Å². The van der Waals surface area contributed by atoms with E-state index in [1.165, 1.54) is 4.88 Å². The summed E-state index contributed by atoms with van der Waals surface area (Å²) in [6.07, 6.45) is 2.45. The third-order valence-electron chi connectivity index (χ3n) is 4.79. The molecule has 1 aromatic carbocycles. The number of rotatable bonds is 5. The number of anilines is 1. The highest BCUT2D eigenvalue weighted by molar-refractivity contribution is 9.10. The van der Waals surface area contributed by atoms with Crippen molar-refractivity contribution in [3.8, 4) is 0 Å². The van der Waals surface area contributed by atoms with Crippen molar-refractivity contribution < 1.29 is 9.59 Å². The van der Waals surface area contributed by atoms with Gasteiger partial charge in [0.25, 0.3) is 0 Å². The molecule has 1 aliphatic heterocycles. The van der Waals surface area contributed by atoms with Crippen LogP contribution in [0.4, 0.5) is 5.69 Å². The van der Waals surface area contributed by atoms with E-state index in [0.717, 1.165) is 23.0 Å². The van der Waals surface area contributed by atoms with E-state index in [1.807, 2.05) is 40.6 Å². The van der Waals surface area contributed by atoms with Gasteiger partial charge in [-0.2, -0.15) is 0 Å². The van der Waals surface area contributed by atoms with Crippen molar-refractivity contribution in [2.24, 2.45) is 5.92 Å². The van der Waals surface area contributed by atoms with Crippen LogP contribution in [-0.2, 0) is 16.1 Å². The van der Waals surface area contributed by atoms with E-state index in [2.05, 4.69) is 22.0 Å². The Morgan fingerprint density at radius 1 is 1.24 bits per heavy atom. The summed E-state index contributed by atoms with van der Waals surface area (Å²) in [7, 11) is 0. The van der Waals surface area contributed by atoms with Gasteiger partial charge in [-0.15, -0.1) is 11.3 Å². The Morgan fingerprint density at radius 3 is 2.72 bits per heavy atom. The Kier molecular flexibility index (Phi) is 4.65. The fraction of sp³-hybridized carbons (Fsp3) is 0.368. The molecule has 6 heteroatoms. The highest BCUT2D eigenvalue weighted by Crippen LogP contribution is 2.35. The fourth-order valence-electron chi connectivity index (χ4n) is 3.35. The van der Waals surface area contributed by atoms with Crippen LogP contribution in [0.2, 0.25) is 0 Å². The normalized spacial score (nSPS) is 20.1. The first-order valence-corrected chi connectivity index (χ1v) is 10.2. The first-order valence-electron chi connectivity index (χ1n) is 8.51. The molecule has 25 heavy (non-hydrogen) atoms. The average Bonchev–Trinajstić information content (AvgIpc) is 3.17. The molecular formula is C19H19BrN2O2S. The summed E-state index contributed by atoms with van der Waals surface area (Å²) in [5.74, 6) is -0.101. The highest BCUT2D eigenvalue weighted by atomic mass is 79.9. The number of hydrogen-bond acceptors (Lipinski definition) is 3. The van der Waals surface area contributed by atoms with Gasteiger partial charge in [-0.25, -0.2) is 0 Å². The summed E-state index contributed by atoms with van der Waals surface area (Å²) in [6, 6.07) is 12.1. The lowest BCUT2D eigenvalue weighted by Crippen LogP contribution is -2.38. The van der Waals surface area contributed by atoms with Crippen LogP contribution in [0, 0.1) is 5.92 Å². The lowest BCUT2D eigenvalue weighted by molar-refractivity contribution is -0.137. The van der Waals surface area contributed by atoms with E-state index in [0.29, 0.717) is 25.6 Å². The smallest absolute Gasteiger partial charge is 0.228 e. The second kappa shape index (κ2) is 6.92. The van der Waals surface area contributed by atoms with E-state index < -0.39 is 0 Å². The van der Waals surface area contributed by atoms with Gasteiger partial charge in [0.2, 0.25) is 11.8 Å². The predicted molar refractivity (Wildman–Crippen MR) is 102 cm³/mol. The van der Waals surface area contributed by atoms with Crippen molar-refractivity contribution in [2.45, 2.75) is 31.8 Å². The van der Waals surface area contributed by atoms with Gasteiger partial charge in [0.1, 0.15) is 0 Å². The van der Waals surface area contributed by atoms with Gasteiger partial charge in [-0.1, -0.05) is 18.2 Å². The summed E-state index contributed by atoms with van der Waals surface area (Å²) < 4.78 is 0.883. The van der Waals surface area contributed by atoms with Crippen LogP contribution in [-0.4, -0.2) is 29.3 Å². The Hall–Kier alpha value is -1.66. The second-order valence-electron chi connectivity index (χ2n) is 6.63. The molecule has 0 bridgehead atoms. The largest absolute Gasteiger partial charge is 0.334 e. The van der Waals surface area contributed by atoms with Crippen molar-refractivity contribution in [1.82, 2.24) is 4.90 Å². The van der Waals surface area contributed by atoms with Gasteiger partial charge in [0.05, 0.1) is 18.2 Å². The molecule has 4 rings (SSSR count). The van der Waals surface area contributed by atoms with Gasteiger partial charge in [0, 0.05) is 28.4 Å². The van der Waals surface area contributed by atoms with Gasteiger partial charge in [-0.05, 0) is 52.4 Å². The fourth-order valence-corrected chi connectivity index (χ4v) is 4.56. The summed E-state index contributed by atoms with van der Waals surface area (Å²) in [5, 5.41) is 2.04. The predicted octanol–water partition coefficient (Wildman–Crippen LogP) is 4.05. The van der Waals surface area contributed by atoms with Gasteiger partial charge in [0.15, 0.2) is 0 Å². The number of amides is 2. The Bertz CT molecular complexity index is 788. The summed E-state index contributed by atoms with van der Waals surface area (Å²) in [6.45, 7) is 1.13. The van der Waals surface area contributed by atoms with Crippen LogP contribution in [0.1, 0.15) is 24.1 Å². The van der Waals surface area contributed by atoms with Crippen LogP contribution < -0.4 is 4.90 Å². The summed E-state index contributed by atoms with van der Waals surface area (Å²) in [4.78, 5) is 30.5. The highest BCUT2D eigenvalue weighted by Gasteiger charge is 2.41. The molecule has 2 aliphatic rings. The van der Waals surface area contributed by atoms with Crippen LogP contribution >= 0.6 is 27.3 Å². The molecule has 2 aromatic rings. The number of carbonyl (C=O) groups is 2. The number of benzene rings is 1. The summed E-state index contributed by atoms with van der Waals surface area (Å²) >= 11 is 5.18. The molecule has 130 valence electrons. The number of halogens is 1. The molecule has 1 atom stereocenters. The molecular weight excluding hydrogens is 400 g/mol. The van der Waals surface area contributed by atoms with Gasteiger partial charge in [-0.3, -0.25) is 9.59 Å². The lowest BCUT2D eigenvalue weighted by atomic mass is 10.1. The maximum Gasteiger partial charge on any atom is 0.228 e. The van der Waals surface area contributed by atoms with Crippen molar-refractivity contribution in [2.75, 3.05) is 11.4 Å². The van der Waals surface area contributed by atoms with Gasteiger partial charge >= 0.3 is 0 Å². The monoisotopic (exact) mass is 418 g/mol. The molecule has 1 aromatic heterocycles. The summed E-state index contributed by atoms with van der Waals surface area (Å²) in [5.41, 5.74) is 0.846. The number of para-hydroxylation sites is 1. The third kappa shape index (κ3) is 3.51. The van der Waals surface area contributed by atoms with Crippen LogP contribution in [0.15, 0.2) is 46.3 Å². The van der Waals surface area contributed by atoms with Crippen molar-refractivity contribution in [3.63, 3.8) is 0 Å². The number of carbonyl (C=O) groups excluding carboxylic acids is 2. The second-order valence-corrected chi connectivity index (χ2v) is 8.52. The lowest BCUT2D eigenvalue weighted by Gasteiger charge is -2.25. The van der Waals surface area contributed by atoms with E-state index >= 15 is 0 Å². The van der Waals surface area contributed by atoms with E-state index in [1.54, 1.807) is 16.2 Å². The van der Waals surface area contributed by atoms with Crippen LogP contribution in [0.5, 0.6) is 0 Å². The van der Waals surface area contributed by atoms with Crippen molar-refractivity contribution in [3.05, 3.63) is 51.1 Å². The molecule has 0 N–H and O–H groups in total. The molecule has 0 radical (unpaired) electrons. The average molecular weight is 419 g/mol. The molecule has 2 amide bonds. The van der Waals surface area contributed by atoms with E-state index in [9.17, 15) is 9.59 Å². The Labute approximate surface area is 159 Å². The molecule has 4 nitrogen and oxygen atoms in total. The third-order valence-corrected chi connectivity index (χ3v) is 6.33. The van der Waals surface area contributed by atoms with Crippen LogP contribution in [0.25, 0.3) is 0 Å². The standard InChI is InChI=1S/C19H19BrN2O2S/c20-16-5-1-2-6-17(16)22-11-13(10-18(22)23)19(24)21(14-7-8-14)12-15-4-3-9-25-15/h1-6,9,13-14H,7-8,10-12H2. The number of hydrogen-bond donors (Lipinski definition) is 0. The first kappa shape index (κ1) is 16.8. The maximum absolute atomic E-state index is 13.1. The van der Waals surface area contributed by atoms with Crippen molar-refractivity contribution >= 4 is 44.8 Å². The molecule has 2 heterocycles. The minimum absolute atomic E-state index is 0.0251. The Morgan fingerprint density at radius 2 is 2.04 bits per heavy atom. The van der Waals surface area contributed by atoms with Crippen molar-refractivity contribution in [1.29, 1.82) is 0 Å².